The first-order valence-electron chi connectivity index (χ1n) is 6.33. The van der Waals surface area contributed by atoms with Crippen molar-refractivity contribution in [2.24, 2.45) is 4.99 Å². The number of nitrogens with zero attached hydrogens (tertiary/aromatic N) is 1. The van der Waals surface area contributed by atoms with E-state index >= 15 is 0 Å². The molecule has 1 unspecified atom stereocenters. The number of hydrogen-bond acceptors (Lipinski definition) is 4. The zero-order valence-corrected chi connectivity index (χ0v) is 10.8. The summed E-state index contributed by atoms with van der Waals surface area (Å²) in [6.45, 7) is 2.04. The summed E-state index contributed by atoms with van der Waals surface area (Å²) in [5.74, 6) is -0.724. The Morgan fingerprint density at radius 3 is 2.74 bits per heavy atom. The monoisotopic (exact) mass is 265 g/mol. The maximum atomic E-state index is 14.1. The molecule has 19 heavy (non-hydrogen) atoms. The third-order valence-corrected chi connectivity index (χ3v) is 2.99. The van der Waals surface area contributed by atoms with E-state index in [0.717, 1.165) is 19.3 Å². The second-order valence-corrected chi connectivity index (χ2v) is 4.36. The van der Waals surface area contributed by atoms with Crippen LogP contribution >= 0.6 is 0 Å². The van der Waals surface area contributed by atoms with Gasteiger partial charge in [-0.1, -0.05) is 44.4 Å². The summed E-state index contributed by atoms with van der Waals surface area (Å²) in [4.78, 5) is 14.1. The highest BCUT2D eigenvalue weighted by molar-refractivity contribution is 6.58. The molecule has 0 aliphatic carbocycles. The van der Waals surface area contributed by atoms with E-state index in [4.69, 9.17) is 10.0 Å². The van der Waals surface area contributed by atoms with E-state index in [9.17, 15) is 9.18 Å². The van der Waals surface area contributed by atoms with Crippen LogP contribution in [0.3, 0.4) is 0 Å². The minimum absolute atomic E-state index is 0.199. The van der Waals surface area contributed by atoms with E-state index in [1.807, 2.05) is 6.92 Å². The van der Waals surface area contributed by atoms with Gasteiger partial charge in [0.25, 0.3) is 0 Å². The highest BCUT2D eigenvalue weighted by Gasteiger charge is 2.22. The molecule has 1 aromatic carbocycles. The Morgan fingerprint density at radius 2 is 2.16 bits per heavy atom. The predicted octanol–water partition coefficient (Wildman–Crippen LogP) is 1.46. The number of unbranched alkanes of at least 4 members (excludes halogenated alkanes) is 2. The van der Waals surface area contributed by atoms with E-state index in [2.05, 4.69) is 4.99 Å². The van der Waals surface area contributed by atoms with Crippen LogP contribution in [0.5, 0.6) is 0 Å². The van der Waals surface area contributed by atoms with Crippen molar-refractivity contribution in [3.63, 3.8) is 0 Å². The van der Waals surface area contributed by atoms with Gasteiger partial charge in [-0.25, -0.2) is 9.18 Å². The van der Waals surface area contributed by atoms with Crippen molar-refractivity contribution >= 4 is 18.7 Å². The zero-order valence-electron chi connectivity index (χ0n) is 10.8. The summed E-state index contributed by atoms with van der Waals surface area (Å²) in [6.07, 6.45) is 4.78. The fraction of sp³-hybridized carbons (Fsp3) is 0.462. The molecule has 102 valence electrons. The topological polar surface area (TPSA) is 69.9 Å². The van der Waals surface area contributed by atoms with Gasteiger partial charge in [-0.3, -0.25) is 0 Å². The molecule has 0 aliphatic heterocycles. The van der Waals surface area contributed by atoms with Crippen molar-refractivity contribution in [3.05, 3.63) is 29.6 Å². The SMILES string of the molecule is CCCCCC(N=C=O)c1cccc(B(O)O)c1F. The van der Waals surface area contributed by atoms with Gasteiger partial charge in [-0.05, 0) is 6.42 Å². The quantitative estimate of drug-likeness (QED) is 0.339. The standard InChI is InChI=1S/C13H17BFNO3/c1-2-3-4-8-12(16-9-17)10-6-5-7-11(13(10)15)14(18)19/h5-7,12,18-19H,2-4,8H2,1H3. The lowest BCUT2D eigenvalue weighted by Crippen LogP contribution is -2.33. The van der Waals surface area contributed by atoms with Gasteiger partial charge >= 0.3 is 7.12 Å². The molecule has 0 bridgehead atoms. The molecular weight excluding hydrogens is 248 g/mol. The minimum atomic E-state index is -1.88. The Hall–Kier alpha value is -1.49. The Bertz CT molecular complexity index is 461. The molecule has 4 nitrogen and oxygen atoms in total. The molecule has 0 aromatic heterocycles. The Labute approximate surface area is 112 Å². The van der Waals surface area contributed by atoms with Gasteiger partial charge < -0.3 is 10.0 Å². The summed E-state index contributed by atoms with van der Waals surface area (Å²) in [5.41, 5.74) is -0.0101. The van der Waals surface area contributed by atoms with Crippen molar-refractivity contribution in [1.29, 1.82) is 0 Å². The Morgan fingerprint density at radius 1 is 1.42 bits per heavy atom. The van der Waals surface area contributed by atoms with E-state index < -0.39 is 19.0 Å². The van der Waals surface area contributed by atoms with Crippen molar-refractivity contribution in [1.82, 2.24) is 0 Å². The molecule has 6 heteroatoms. The first kappa shape index (κ1) is 15.6. The van der Waals surface area contributed by atoms with Crippen LogP contribution in [-0.4, -0.2) is 23.2 Å². The van der Waals surface area contributed by atoms with Gasteiger partial charge in [0, 0.05) is 11.0 Å². The highest BCUT2D eigenvalue weighted by Crippen LogP contribution is 2.25. The van der Waals surface area contributed by atoms with Crippen LogP contribution in [0, 0.1) is 5.82 Å². The smallest absolute Gasteiger partial charge is 0.423 e. The maximum Gasteiger partial charge on any atom is 0.491 e. The van der Waals surface area contributed by atoms with Gasteiger partial charge in [-0.2, -0.15) is 4.99 Å². The maximum absolute atomic E-state index is 14.1. The summed E-state index contributed by atoms with van der Waals surface area (Å²) in [6, 6.07) is 3.68. The molecule has 1 aromatic rings. The second kappa shape index (κ2) is 7.84. The molecule has 2 N–H and O–H groups in total. The van der Waals surface area contributed by atoms with Crippen molar-refractivity contribution in [2.45, 2.75) is 38.6 Å². The zero-order chi connectivity index (χ0) is 14.3. The van der Waals surface area contributed by atoms with Gasteiger partial charge in [-0.15, -0.1) is 0 Å². The van der Waals surface area contributed by atoms with E-state index in [-0.39, 0.29) is 11.0 Å². The molecular formula is C13H17BFNO3. The number of benzene rings is 1. The molecule has 0 saturated heterocycles. The number of halogens is 1. The fourth-order valence-electron chi connectivity index (χ4n) is 1.97. The molecule has 0 aliphatic rings. The lowest BCUT2D eigenvalue weighted by atomic mass is 9.78. The normalized spacial score (nSPS) is 11.8. The van der Waals surface area contributed by atoms with Crippen LogP contribution in [0.15, 0.2) is 23.2 Å². The largest absolute Gasteiger partial charge is 0.491 e. The molecule has 0 fully saturated rings. The van der Waals surface area contributed by atoms with Crippen LogP contribution in [0.25, 0.3) is 0 Å². The Balaban J connectivity index is 3.02. The van der Waals surface area contributed by atoms with Crippen LogP contribution in [0.2, 0.25) is 0 Å². The minimum Gasteiger partial charge on any atom is -0.423 e. The van der Waals surface area contributed by atoms with Gasteiger partial charge in [0.2, 0.25) is 6.08 Å². The van der Waals surface area contributed by atoms with Crippen LogP contribution in [0.1, 0.15) is 44.2 Å². The number of hydrogen-bond donors (Lipinski definition) is 2. The summed E-state index contributed by atoms with van der Waals surface area (Å²) >= 11 is 0. The number of aliphatic imine (C=N–C) groups is 1. The van der Waals surface area contributed by atoms with Crippen LogP contribution < -0.4 is 5.46 Å². The Kier molecular flexibility index (Phi) is 6.43. The van der Waals surface area contributed by atoms with E-state index in [0.29, 0.717) is 6.42 Å². The van der Waals surface area contributed by atoms with Crippen LogP contribution in [-0.2, 0) is 4.79 Å². The van der Waals surface area contributed by atoms with Crippen molar-refractivity contribution in [3.8, 4) is 0 Å². The van der Waals surface area contributed by atoms with Crippen LogP contribution in [0.4, 0.5) is 4.39 Å². The third-order valence-electron chi connectivity index (χ3n) is 2.99. The number of isocyanates is 1. The molecule has 1 rings (SSSR count). The fourth-order valence-corrected chi connectivity index (χ4v) is 1.97. The molecule has 0 heterocycles. The molecule has 0 saturated carbocycles. The molecule has 0 radical (unpaired) electrons. The number of rotatable bonds is 7. The summed E-state index contributed by atoms with van der Waals surface area (Å²) < 4.78 is 14.1. The van der Waals surface area contributed by atoms with Gasteiger partial charge in [0.15, 0.2) is 0 Å². The average Bonchev–Trinajstić information content (AvgIpc) is 2.38. The lowest BCUT2D eigenvalue weighted by Gasteiger charge is -2.14. The summed E-state index contributed by atoms with van der Waals surface area (Å²) in [7, 11) is -1.88. The van der Waals surface area contributed by atoms with Crippen molar-refractivity contribution in [2.75, 3.05) is 0 Å². The summed E-state index contributed by atoms with van der Waals surface area (Å²) in [5, 5.41) is 18.1. The molecule has 0 spiro atoms. The number of carbonyl (C=O) groups excluding carboxylic acids is 1. The average molecular weight is 265 g/mol. The van der Waals surface area contributed by atoms with Gasteiger partial charge in [0.1, 0.15) is 5.82 Å². The predicted molar refractivity (Wildman–Crippen MR) is 71.2 cm³/mol. The second-order valence-electron chi connectivity index (χ2n) is 4.36. The molecule has 0 amide bonds. The van der Waals surface area contributed by atoms with E-state index in [1.54, 1.807) is 0 Å². The van der Waals surface area contributed by atoms with E-state index in [1.165, 1.54) is 24.3 Å². The van der Waals surface area contributed by atoms with Crippen molar-refractivity contribution < 1.29 is 19.2 Å². The molecule has 1 atom stereocenters. The highest BCUT2D eigenvalue weighted by atomic mass is 19.1. The first-order chi connectivity index (χ1) is 9.11. The van der Waals surface area contributed by atoms with Gasteiger partial charge in [0.05, 0.1) is 6.04 Å². The third kappa shape index (κ3) is 4.28. The first-order valence-corrected chi connectivity index (χ1v) is 6.33. The lowest BCUT2D eigenvalue weighted by molar-refractivity contribution is 0.422.